The third-order valence-corrected chi connectivity index (χ3v) is 3.06. The van der Waals surface area contributed by atoms with E-state index in [-0.39, 0.29) is 6.61 Å². The Kier molecular flexibility index (Phi) is 2.25. The molecule has 2 aromatic rings. The maximum absolute atomic E-state index is 9.13. The molecule has 0 saturated heterocycles. The van der Waals surface area contributed by atoms with Gasteiger partial charge in [0.15, 0.2) is 11.6 Å². The van der Waals surface area contributed by atoms with Crippen molar-refractivity contribution in [3.8, 4) is 11.6 Å². The number of hydrogen-bond acceptors (Lipinski definition) is 4. The fraction of sp³-hybridized carbons (Fsp3) is 0.455. The van der Waals surface area contributed by atoms with E-state index in [0.29, 0.717) is 5.92 Å². The van der Waals surface area contributed by atoms with Crippen molar-refractivity contribution >= 4 is 0 Å². The molecule has 1 aliphatic rings. The zero-order valence-electron chi connectivity index (χ0n) is 8.83. The molecule has 2 aromatic heterocycles. The maximum Gasteiger partial charge on any atom is 0.199 e. The quantitative estimate of drug-likeness (QED) is 0.821. The number of fused-ring (bicyclic) bond motifs is 1. The van der Waals surface area contributed by atoms with Gasteiger partial charge in [-0.15, -0.1) is 10.2 Å². The summed E-state index contributed by atoms with van der Waals surface area (Å²) in [5.74, 6) is 2.80. The van der Waals surface area contributed by atoms with Crippen LogP contribution >= 0.6 is 0 Å². The summed E-state index contributed by atoms with van der Waals surface area (Å²) in [4.78, 5) is 0. The normalized spacial score (nSPS) is 19.7. The summed E-state index contributed by atoms with van der Waals surface area (Å²) in [5, 5.41) is 17.4. The number of aliphatic hydroxyl groups excluding tert-OH is 1. The summed E-state index contributed by atoms with van der Waals surface area (Å²) in [5.41, 5.74) is 0. The van der Waals surface area contributed by atoms with Crippen LogP contribution in [0, 0.1) is 5.92 Å². The van der Waals surface area contributed by atoms with Gasteiger partial charge in [0, 0.05) is 19.6 Å². The van der Waals surface area contributed by atoms with Gasteiger partial charge in [-0.3, -0.25) is 0 Å². The minimum absolute atomic E-state index is 0.225. The van der Waals surface area contributed by atoms with Crippen LogP contribution in [0.2, 0.25) is 0 Å². The molecule has 3 heterocycles. The second-order valence-electron chi connectivity index (χ2n) is 4.11. The first-order chi connectivity index (χ1) is 7.88. The summed E-state index contributed by atoms with van der Waals surface area (Å²) in [6.07, 6.45) is 3.40. The molecule has 0 spiro atoms. The molecule has 16 heavy (non-hydrogen) atoms. The van der Waals surface area contributed by atoms with E-state index in [1.807, 2.05) is 12.1 Å². The van der Waals surface area contributed by atoms with Gasteiger partial charge in [-0.1, -0.05) is 0 Å². The summed E-state index contributed by atoms with van der Waals surface area (Å²) in [6.45, 7) is 1.08. The molecule has 0 aromatic carbocycles. The van der Waals surface area contributed by atoms with Gasteiger partial charge in [-0.2, -0.15) is 0 Å². The van der Waals surface area contributed by atoms with E-state index in [1.54, 1.807) is 6.26 Å². The minimum atomic E-state index is 0.225. The van der Waals surface area contributed by atoms with Crippen LogP contribution in [0.1, 0.15) is 12.2 Å². The zero-order chi connectivity index (χ0) is 11.0. The van der Waals surface area contributed by atoms with Crippen molar-refractivity contribution < 1.29 is 9.52 Å². The second kappa shape index (κ2) is 3.75. The predicted octanol–water partition coefficient (Wildman–Crippen LogP) is 1.09. The number of nitrogens with zero attached hydrogens (tertiary/aromatic N) is 3. The SMILES string of the molecule is OCC1CCn2c(nnc2-c2ccco2)C1. The molecule has 0 radical (unpaired) electrons. The van der Waals surface area contributed by atoms with Crippen LogP contribution in [0.4, 0.5) is 0 Å². The number of aromatic nitrogens is 3. The summed E-state index contributed by atoms with van der Waals surface area (Å²) >= 11 is 0. The first-order valence-electron chi connectivity index (χ1n) is 5.45. The number of hydrogen-bond donors (Lipinski definition) is 1. The highest BCUT2D eigenvalue weighted by Gasteiger charge is 2.23. The molecular weight excluding hydrogens is 206 g/mol. The minimum Gasteiger partial charge on any atom is -0.461 e. The lowest BCUT2D eigenvalue weighted by atomic mass is 9.99. The highest BCUT2D eigenvalue weighted by Crippen LogP contribution is 2.25. The molecule has 3 rings (SSSR count). The monoisotopic (exact) mass is 219 g/mol. The van der Waals surface area contributed by atoms with E-state index in [0.717, 1.165) is 36.8 Å². The second-order valence-corrected chi connectivity index (χ2v) is 4.11. The lowest BCUT2D eigenvalue weighted by molar-refractivity contribution is 0.199. The Bertz CT molecular complexity index is 475. The van der Waals surface area contributed by atoms with Gasteiger partial charge >= 0.3 is 0 Å². The largest absolute Gasteiger partial charge is 0.461 e. The van der Waals surface area contributed by atoms with Crippen molar-refractivity contribution in [3.05, 3.63) is 24.2 Å². The van der Waals surface area contributed by atoms with Gasteiger partial charge in [0.25, 0.3) is 0 Å². The fourth-order valence-corrected chi connectivity index (χ4v) is 2.14. The number of rotatable bonds is 2. The molecule has 0 fully saturated rings. The van der Waals surface area contributed by atoms with Crippen LogP contribution in [0.15, 0.2) is 22.8 Å². The summed E-state index contributed by atoms with van der Waals surface area (Å²) in [7, 11) is 0. The molecule has 1 aliphatic heterocycles. The van der Waals surface area contributed by atoms with Crippen molar-refractivity contribution in [2.24, 2.45) is 5.92 Å². The average molecular weight is 219 g/mol. The van der Waals surface area contributed by atoms with Crippen LogP contribution in [0.25, 0.3) is 11.6 Å². The fourth-order valence-electron chi connectivity index (χ4n) is 2.14. The lowest BCUT2D eigenvalue weighted by Crippen LogP contribution is -2.22. The Labute approximate surface area is 92.7 Å². The summed E-state index contributed by atoms with van der Waals surface area (Å²) < 4.78 is 7.40. The first-order valence-corrected chi connectivity index (χ1v) is 5.45. The van der Waals surface area contributed by atoms with Crippen LogP contribution in [-0.4, -0.2) is 26.5 Å². The molecule has 1 N–H and O–H groups in total. The molecule has 0 amide bonds. The smallest absolute Gasteiger partial charge is 0.199 e. The van der Waals surface area contributed by atoms with E-state index in [9.17, 15) is 0 Å². The molecule has 5 nitrogen and oxygen atoms in total. The maximum atomic E-state index is 9.13. The number of furan rings is 1. The summed E-state index contributed by atoms with van der Waals surface area (Å²) in [6, 6.07) is 3.73. The van der Waals surface area contributed by atoms with E-state index >= 15 is 0 Å². The topological polar surface area (TPSA) is 64.1 Å². The van der Waals surface area contributed by atoms with Crippen molar-refractivity contribution in [3.63, 3.8) is 0 Å². The van der Waals surface area contributed by atoms with Gasteiger partial charge in [-0.25, -0.2) is 0 Å². The van der Waals surface area contributed by atoms with Gasteiger partial charge in [0.1, 0.15) is 5.82 Å². The first kappa shape index (κ1) is 9.59. The van der Waals surface area contributed by atoms with Crippen molar-refractivity contribution in [1.82, 2.24) is 14.8 Å². The Morgan fingerprint density at radius 3 is 3.19 bits per heavy atom. The third-order valence-electron chi connectivity index (χ3n) is 3.06. The van der Waals surface area contributed by atoms with Crippen molar-refractivity contribution in [2.75, 3.05) is 6.61 Å². The Morgan fingerprint density at radius 2 is 2.44 bits per heavy atom. The highest BCUT2D eigenvalue weighted by molar-refractivity contribution is 5.46. The van der Waals surface area contributed by atoms with Crippen molar-refractivity contribution in [1.29, 1.82) is 0 Å². The molecule has 1 atom stereocenters. The predicted molar refractivity (Wildman–Crippen MR) is 56.6 cm³/mol. The van der Waals surface area contributed by atoms with Gasteiger partial charge in [0.05, 0.1) is 6.26 Å². The van der Waals surface area contributed by atoms with Crippen LogP contribution in [-0.2, 0) is 13.0 Å². The third kappa shape index (κ3) is 1.44. The van der Waals surface area contributed by atoms with Crippen LogP contribution in [0.5, 0.6) is 0 Å². The standard InChI is InChI=1S/C11H13N3O2/c15-7-8-3-4-14-10(6-8)12-13-11(14)9-2-1-5-16-9/h1-2,5,8,15H,3-4,6-7H2. The Balaban J connectivity index is 1.97. The van der Waals surface area contributed by atoms with Crippen LogP contribution in [0.3, 0.4) is 0 Å². The van der Waals surface area contributed by atoms with E-state index in [2.05, 4.69) is 14.8 Å². The highest BCUT2D eigenvalue weighted by atomic mass is 16.3. The molecule has 0 saturated carbocycles. The van der Waals surface area contributed by atoms with Gasteiger partial charge in [0.2, 0.25) is 0 Å². The Morgan fingerprint density at radius 1 is 1.50 bits per heavy atom. The molecular formula is C11H13N3O2. The zero-order valence-corrected chi connectivity index (χ0v) is 8.83. The van der Waals surface area contributed by atoms with E-state index in [1.165, 1.54) is 0 Å². The van der Waals surface area contributed by atoms with Gasteiger partial charge in [-0.05, 0) is 24.5 Å². The Hall–Kier alpha value is -1.62. The molecule has 1 unspecified atom stereocenters. The van der Waals surface area contributed by atoms with E-state index in [4.69, 9.17) is 9.52 Å². The number of aliphatic hydroxyl groups is 1. The van der Waals surface area contributed by atoms with Crippen LogP contribution < -0.4 is 0 Å². The lowest BCUT2D eigenvalue weighted by Gasteiger charge is -2.21. The average Bonchev–Trinajstić information content (AvgIpc) is 2.96. The molecule has 5 heteroatoms. The van der Waals surface area contributed by atoms with Crippen molar-refractivity contribution in [2.45, 2.75) is 19.4 Å². The molecule has 0 bridgehead atoms. The molecule has 84 valence electrons. The van der Waals surface area contributed by atoms with E-state index < -0.39 is 0 Å². The van der Waals surface area contributed by atoms with Gasteiger partial charge < -0.3 is 14.1 Å². The molecule has 0 aliphatic carbocycles.